The highest BCUT2D eigenvalue weighted by atomic mass is 19.1. The number of likely N-dealkylation sites (N-methyl/N-ethyl adjacent to an activating group) is 1. The van der Waals surface area contributed by atoms with Crippen LogP contribution < -0.4 is 9.47 Å². The number of ether oxygens (including phenoxy) is 2. The van der Waals surface area contributed by atoms with Crippen LogP contribution in [0.15, 0.2) is 47.6 Å². The molecule has 1 atom stereocenters. The molecule has 2 aromatic rings. The van der Waals surface area contributed by atoms with Gasteiger partial charge in [0.05, 0.1) is 26.0 Å². The molecule has 0 N–H and O–H groups in total. The first-order valence-electron chi connectivity index (χ1n) is 11.0. The van der Waals surface area contributed by atoms with E-state index in [0.29, 0.717) is 34.8 Å². The Kier molecular flexibility index (Phi) is 6.62. The summed E-state index contributed by atoms with van der Waals surface area (Å²) in [6.07, 6.45) is 3.07. The molecule has 1 heterocycles. The molecule has 1 aliphatic carbocycles. The Morgan fingerprint density at radius 2 is 1.91 bits per heavy atom. The maximum Gasteiger partial charge on any atom is 0.262 e. The van der Waals surface area contributed by atoms with Crippen LogP contribution in [-0.2, 0) is 9.59 Å². The van der Waals surface area contributed by atoms with E-state index in [4.69, 9.17) is 9.47 Å². The van der Waals surface area contributed by atoms with Crippen molar-refractivity contribution in [1.82, 2.24) is 9.91 Å². The second-order valence-corrected chi connectivity index (χ2v) is 8.41. The highest BCUT2D eigenvalue weighted by molar-refractivity contribution is 6.05. The Bertz CT molecular complexity index is 1080. The lowest BCUT2D eigenvalue weighted by Gasteiger charge is -2.30. The minimum atomic E-state index is -0.618. The molecule has 33 heavy (non-hydrogen) atoms. The minimum absolute atomic E-state index is 0.00800. The van der Waals surface area contributed by atoms with Gasteiger partial charge < -0.3 is 14.4 Å². The average molecular weight is 454 g/mol. The molecule has 2 aliphatic rings. The zero-order valence-electron chi connectivity index (χ0n) is 19.1. The summed E-state index contributed by atoms with van der Waals surface area (Å²) in [6, 6.07) is 11.1. The van der Waals surface area contributed by atoms with Crippen molar-refractivity contribution < 1.29 is 23.5 Å². The lowest BCUT2D eigenvalue weighted by atomic mass is 9.84. The molecular formula is C25H28FN3O4. The molecule has 1 saturated carbocycles. The first kappa shape index (κ1) is 22.8. The molecule has 0 aromatic heterocycles. The Balaban J connectivity index is 1.64. The van der Waals surface area contributed by atoms with Crippen LogP contribution in [0.5, 0.6) is 11.5 Å². The zero-order valence-corrected chi connectivity index (χ0v) is 19.1. The van der Waals surface area contributed by atoms with Crippen molar-refractivity contribution in [3.8, 4) is 11.5 Å². The molecule has 0 radical (unpaired) electrons. The predicted octanol–water partition coefficient (Wildman–Crippen LogP) is 3.78. The summed E-state index contributed by atoms with van der Waals surface area (Å²) < 4.78 is 25.5. The number of halogens is 1. The van der Waals surface area contributed by atoms with Gasteiger partial charge in [0.25, 0.3) is 5.91 Å². The van der Waals surface area contributed by atoms with Gasteiger partial charge in [0.15, 0.2) is 0 Å². The smallest absolute Gasteiger partial charge is 0.262 e. The fourth-order valence-electron chi connectivity index (χ4n) is 4.25. The van der Waals surface area contributed by atoms with E-state index in [9.17, 15) is 14.0 Å². The third-order valence-corrected chi connectivity index (χ3v) is 6.35. The molecule has 1 unspecified atom stereocenters. The van der Waals surface area contributed by atoms with Gasteiger partial charge in [-0.05, 0) is 31.0 Å². The Morgan fingerprint density at radius 3 is 2.55 bits per heavy atom. The topological polar surface area (TPSA) is 71.4 Å². The van der Waals surface area contributed by atoms with Gasteiger partial charge in [-0.3, -0.25) is 9.59 Å². The Labute approximate surface area is 192 Å². The average Bonchev–Trinajstić information content (AvgIpc) is 3.22. The number of methoxy groups -OCH3 is 2. The maximum atomic E-state index is 14.7. The molecular weight excluding hydrogens is 425 g/mol. The van der Waals surface area contributed by atoms with Crippen LogP contribution in [0, 0.1) is 11.7 Å². The van der Waals surface area contributed by atoms with Gasteiger partial charge in [0, 0.05) is 36.6 Å². The maximum absolute atomic E-state index is 14.7. The lowest BCUT2D eigenvalue weighted by molar-refractivity contribution is -0.144. The van der Waals surface area contributed by atoms with Crippen molar-refractivity contribution >= 4 is 17.5 Å². The fourth-order valence-corrected chi connectivity index (χ4v) is 4.25. The van der Waals surface area contributed by atoms with E-state index in [1.165, 1.54) is 16.0 Å². The molecule has 0 bridgehead atoms. The van der Waals surface area contributed by atoms with E-state index >= 15 is 0 Å². The number of hydrogen-bond acceptors (Lipinski definition) is 5. The van der Waals surface area contributed by atoms with Crippen LogP contribution in [0.4, 0.5) is 4.39 Å². The summed E-state index contributed by atoms with van der Waals surface area (Å²) in [5.41, 5.74) is 1.68. The normalized spacial score (nSPS) is 17.9. The summed E-state index contributed by atoms with van der Waals surface area (Å²) in [5.74, 6) is 0.373. The summed E-state index contributed by atoms with van der Waals surface area (Å²) in [5, 5.41) is 5.90. The zero-order chi connectivity index (χ0) is 23.5. The van der Waals surface area contributed by atoms with E-state index in [1.54, 1.807) is 51.6 Å². The molecule has 2 amide bonds. The monoisotopic (exact) mass is 453 g/mol. The van der Waals surface area contributed by atoms with Crippen LogP contribution in [0.25, 0.3) is 0 Å². The molecule has 1 aliphatic heterocycles. The Hall–Kier alpha value is -3.42. The first-order valence-corrected chi connectivity index (χ1v) is 11.0. The number of carbonyl (C=O) groups excluding carboxylic acids is 2. The molecule has 0 saturated heterocycles. The van der Waals surface area contributed by atoms with Crippen LogP contribution in [-0.4, -0.2) is 55.2 Å². The van der Waals surface area contributed by atoms with Crippen molar-refractivity contribution in [3.63, 3.8) is 0 Å². The van der Waals surface area contributed by atoms with E-state index in [1.807, 2.05) is 6.07 Å². The first-order chi connectivity index (χ1) is 15.9. The van der Waals surface area contributed by atoms with Crippen molar-refractivity contribution in [2.24, 2.45) is 11.0 Å². The van der Waals surface area contributed by atoms with E-state index in [2.05, 4.69) is 5.10 Å². The molecule has 7 nitrogen and oxygen atoms in total. The molecule has 1 fully saturated rings. The molecule has 8 heteroatoms. The Morgan fingerprint density at radius 1 is 1.15 bits per heavy atom. The molecule has 4 rings (SSSR count). The quantitative estimate of drug-likeness (QED) is 0.640. The summed E-state index contributed by atoms with van der Waals surface area (Å²) >= 11 is 0. The van der Waals surface area contributed by atoms with Gasteiger partial charge >= 0.3 is 0 Å². The number of rotatable bonds is 7. The predicted molar refractivity (Wildman–Crippen MR) is 122 cm³/mol. The lowest BCUT2D eigenvalue weighted by Crippen LogP contribution is -2.43. The minimum Gasteiger partial charge on any atom is -0.497 e. The van der Waals surface area contributed by atoms with E-state index < -0.39 is 11.9 Å². The highest BCUT2D eigenvalue weighted by Crippen LogP contribution is 2.37. The van der Waals surface area contributed by atoms with Gasteiger partial charge in [-0.25, -0.2) is 9.40 Å². The summed E-state index contributed by atoms with van der Waals surface area (Å²) in [4.78, 5) is 27.3. The number of hydrogen-bond donors (Lipinski definition) is 0. The van der Waals surface area contributed by atoms with Crippen LogP contribution >= 0.6 is 0 Å². The molecule has 174 valence electrons. The van der Waals surface area contributed by atoms with Crippen molar-refractivity contribution in [3.05, 3.63) is 59.4 Å². The second-order valence-electron chi connectivity index (χ2n) is 8.41. The van der Waals surface area contributed by atoms with Crippen LogP contribution in [0.1, 0.15) is 42.9 Å². The summed E-state index contributed by atoms with van der Waals surface area (Å²) in [7, 11) is 4.74. The molecule has 2 aromatic carbocycles. The van der Waals surface area contributed by atoms with Crippen molar-refractivity contribution in [2.75, 3.05) is 27.8 Å². The van der Waals surface area contributed by atoms with Crippen LogP contribution in [0.2, 0.25) is 0 Å². The standard InChI is InChI=1S/C25H28FN3O4/c1-28(25(31)16-7-6-8-16)15-24(30)29-22(18-9-4-5-10-20(18)26)14-21(27-29)19-12-11-17(32-2)13-23(19)33-3/h4-5,9-13,16,22H,6-8,14-15H2,1-3H3. The fraction of sp³-hybridized carbons (Fsp3) is 0.400. The number of amides is 2. The van der Waals surface area contributed by atoms with E-state index in [-0.39, 0.29) is 24.3 Å². The van der Waals surface area contributed by atoms with Crippen molar-refractivity contribution in [2.45, 2.75) is 31.7 Å². The largest absolute Gasteiger partial charge is 0.497 e. The number of nitrogens with zero attached hydrogens (tertiary/aromatic N) is 3. The van der Waals surface area contributed by atoms with Crippen molar-refractivity contribution in [1.29, 1.82) is 0 Å². The number of carbonyl (C=O) groups is 2. The number of hydrazone groups is 1. The second kappa shape index (κ2) is 9.60. The third kappa shape index (κ3) is 4.55. The van der Waals surface area contributed by atoms with Crippen LogP contribution in [0.3, 0.4) is 0 Å². The summed E-state index contributed by atoms with van der Waals surface area (Å²) in [6.45, 7) is -0.114. The highest BCUT2D eigenvalue weighted by Gasteiger charge is 2.37. The third-order valence-electron chi connectivity index (χ3n) is 6.35. The van der Waals surface area contributed by atoms with Gasteiger partial charge in [0.1, 0.15) is 23.9 Å². The molecule has 0 spiro atoms. The van der Waals surface area contributed by atoms with Gasteiger partial charge in [-0.1, -0.05) is 24.6 Å². The van der Waals surface area contributed by atoms with Gasteiger partial charge in [0.2, 0.25) is 5.91 Å². The SMILES string of the molecule is COc1ccc(C2=NN(C(=O)CN(C)C(=O)C3CCC3)C(c3ccccc3F)C2)c(OC)c1. The van der Waals surface area contributed by atoms with Gasteiger partial charge in [-0.2, -0.15) is 5.10 Å². The van der Waals surface area contributed by atoms with E-state index in [0.717, 1.165) is 19.3 Å². The number of benzene rings is 2. The van der Waals surface area contributed by atoms with Gasteiger partial charge in [-0.15, -0.1) is 0 Å².